The molecule has 0 bridgehead atoms. The van der Waals surface area contributed by atoms with Gasteiger partial charge in [-0.05, 0) is 34.8 Å². The Morgan fingerprint density at radius 1 is 1.32 bits per heavy atom. The second kappa shape index (κ2) is 6.36. The minimum atomic E-state index is -0.591. The summed E-state index contributed by atoms with van der Waals surface area (Å²) in [5, 5.41) is 3.13. The van der Waals surface area contributed by atoms with Crippen molar-refractivity contribution in [3.8, 4) is 12.3 Å². The monoisotopic (exact) mass is 328 g/mol. The van der Waals surface area contributed by atoms with Gasteiger partial charge in [0.05, 0.1) is 16.7 Å². The van der Waals surface area contributed by atoms with E-state index in [9.17, 15) is 8.78 Å². The summed E-state index contributed by atoms with van der Waals surface area (Å²) in [6, 6.07) is 2.53. The van der Waals surface area contributed by atoms with E-state index in [4.69, 9.17) is 6.42 Å². The number of hydrogen-bond donors (Lipinski definition) is 1. The molecular formula is C14H15BrF2N2. The van der Waals surface area contributed by atoms with Crippen molar-refractivity contribution in [2.24, 2.45) is 0 Å². The van der Waals surface area contributed by atoms with Crippen molar-refractivity contribution in [2.75, 3.05) is 25.0 Å². The molecule has 0 aromatic heterocycles. The minimum Gasteiger partial charge on any atom is -0.380 e. The van der Waals surface area contributed by atoms with Gasteiger partial charge in [-0.2, -0.15) is 0 Å². The lowest BCUT2D eigenvalue weighted by Crippen LogP contribution is -2.39. The second-order valence-corrected chi connectivity index (χ2v) is 5.50. The van der Waals surface area contributed by atoms with Crippen molar-refractivity contribution >= 4 is 21.6 Å². The Bertz CT molecular complexity index is 491. The quantitative estimate of drug-likeness (QED) is 0.677. The number of piperidine rings is 1. The summed E-state index contributed by atoms with van der Waals surface area (Å²) in [7, 11) is 0. The third-order valence-corrected chi connectivity index (χ3v) is 3.88. The standard InChI is InChI=1S/C14H15BrF2N2/c1-2-5-19-6-3-10(4-7-19)18-14-8-11(15)12(16)9-13(14)17/h1,8-10,18H,3-7H2. The van der Waals surface area contributed by atoms with Crippen LogP contribution in [0.3, 0.4) is 0 Å². The minimum absolute atomic E-state index is 0.195. The van der Waals surface area contributed by atoms with E-state index in [1.807, 2.05) is 0 Å². The molecule has 1 aromatic carbocycles. The zero-order valence-corrected chi connectivity index (χ0v) is 12.0. The molecule has 0 radical (unpaired) electrons. The van der Waals surface area contributed by atoms with Gasteiger partial charge in [-0.3, -0.25) is 4.90 Å². The molecule has 2 nitrogen and oxygen atoms in total. The summed E-state index contributed by atoms with van der Waals surface area (Å²) in [6.07, 6.45) is 7.07. The molecule has 1 aromatic rings. The lowest BCUT2D eigenvalue weighted by molar-refractivity contribution is 0.243. The van der Waals surface area contributed by atoms with Gasteiger partial charge in [0.25, 0.3) is 0 Å². The normalized spacial score (nSPS) is 17.2. The molecule has 19 heavy (non-hydrogen) atoms. The van der Waals surface area contributed by atoms with Gasteiger partial charge < -0.3 is 5.32 Å². The van der Waals surface area contributed by atoms with Crippen molar-refractivity contribution in [1.29, 1.82) is 0 Å². The van der Waals surface area contributed by atoms with E-state index in [2.05, 4.69) is 32.1 Å². The first kappa shape index (κ1) is 14.3. The lowest BCUT2D eigenvalue weighted by atomic mass is 10.0. The SMILES string of the molecule is C#CCN1CCC(Nc2cc(Br)c(F)cc2F)CC1. The van der Waals surface area contributed by atoms with Crippen LogP contribution in [0.25, 0.3) is 0 Å². The summed E-state index contributed by atoms with van der Waals surface area (Å²) < 4.78 is 27.0. The fourth-order valence-electron chi connectivity index (χ4n) is 2.22. The number of benzene rings is 1. The smallest absolute Gasteiger partial charge is 0.149 e. The van der Waals surface area contributed by atoms with Crippen molar-refractivity contribution in [2.45, 2.75) is 18.9 Å². The van der Waals surface area contributed by atoms with E-state index in [-0.39, 0.29) is 10.5 Å². The summed E-state index contributed by atoms with van der Waals surface area (Å²) >= 11 is 3.06. The van der Waals surface area contributed by atoms with E-state index in [0.717, 1.165) is 32.0 Å². The Labute approximate surface area is 120 Å². The van der Waals surface area contributed by atoms with Gasteiger partial charge in [0.15, 0.2) is 0 Å². The molecular weight excluding hydrogens is 314 g/mol. The van der Waals surface area contributed by atoms with Gasteiger partial charge in [-0.25, -0.2) is 8.78 Å². The van der Waals surface area contributed by atoms with Crippen LogP contribution in [0, 0.1) is 24.0 Å². The maximum absolute atomic E-state index is 13.6. The molecule has 1 aliphatic heterocycles. The topological polar surface area (TPSA) is 15.3 Å². The molecule has 102 valence electrons. The van der Waals surface area contributed by atoms with Crippen LogP contribution in [0.5, 0.6) is 0 Å². The Hall–Kier alpha value is -1.12. The number of hydrogen-bond acceptors (Lipinski definition) is 2. The molecule has 0 amide bonds. The van der Waals surface area contributed by atoms with E-state index in [1.54, 1.807) is 0 Å². The molecule has 1 saturated heterocycles. The number of rotatable bonds is 3. The summed E-state index contributed by atoms with van der Waals surface area (Å²) in [5.41, 5.74) is 0.337. The third kappa shape index (κ3) is 3.68. The average molecular weight is 329 g/mol. The van der Waals surface area contributed by atoms with Gasteiger partial charge in [0, 0.05) is 25.2 Å². The molecule has 0 saturated carbocycles. The molecule has 5 heteroatoms. The van der Waals surface area contributed by atoms with E-state index in [1.165, 1.54) is 6.07 Å². The first-order valence-electron chi connectivity index (χ1n) is 6.17. The van der Waals surface area contributed by atoms with Crippen molar-refractivity contribution in [1.82, 2.24) is 4.90 Å². The van der Waals surface area contributed by atoms with Crippen LogP contribution >= 0.6 is 15.9 Å². The van der Waals surface area contributed by atoms with E-state index in [0.29, 0.717) is 12.2 Å². The van der Waals surface area contributed by atoms with Crippen molar-refractivity contribution in [3.05, 3.63) is 28.2 Å². The van der Waals surface area contributed by atoms with Crippen LogP contribution < -0.4 is 5.32 Å². The number of anilines is 1. The number of nitrogens with zero attached hydrogens (tertiary/aromatic N) is 1. The molecule has 0 atom stereocenters. The Morgan fingerprint density at radius 3 is 2.63 bits per heavy atom. The van der Waals surface area contributed by atoms with Crippen LogP contribution in [0.2, 0.25) is 0 Å². The molecule has 1 N–H and O–H groups in total. The molecule has 1 aliphatic rings. The first-order chi connectivity index (χ1) is 9.10. The van der Waals surface area contributed by atoms with Crippen LogP contribution in [-0.4, -0.2) is 30.6 Å². The molecule has 2 rings (SSSR count). The van der Waals surface area contributed by atoms with E-state index >= 15 is 0 Å². The molecule has 0 unspecified atom stereocenters. The second-order valence-electron chi connectivity index (χ2n) is 4.65. The van der Waals surface area contributed by atoms with Crippen LogP contribution in [-0.2, 0) is 0 Å². The van der Waals surface area contributed by atoms with Crippen LogP contribution in [0.15, 0.2) is 16.6 Å². The molecule has 1 heterocycles. The summed E-state index contributed by atoms with van der Waals surface area (Å²) in [4.78, 5) is 2.19. The van der Waals surface area contributed by atoms with E-state index < -0.39 is 11.6 Å². The predicted octanol–water partition coefficient (Wildman–Crippen LogP) is 3.24. The Balaban J connectivity index is 1.96. The highest BCUT2D eigenvalue weighted by Crippen LogP contribution is 2.25. The largest absolute Gasteiger partial charge is 0.380 e. The fraction of sp³-hybridized carbons (Fsp3) is 0.429. The number of halogens is 3. The highest BCUT2D eigenvalue weighted by Gasteiger charge is 2.19. The average Bonchev–Trinajstić information content (AvgIpc) is 2.38. The number of likely N-dealkylation sites (tertiary alicyclic amines) is 1. The highest BCUT2D eigenvalue weighted by molar-refractivity contribution is 9.10. The zero-order chi connectivity index (χ0) is 13.8. The van der Waals surface area contributed by atoms with Crippen LogP contribution in [0.1, 0.15) is 12.8 Å². The first-order valence-corrected chi connectivity index (χ1v) is 6.96. The van der Waals surface area contributed by atoms with Gasteiger partial charge in [0.2, 0.25) is 0 Å². The Kier molecular flexibility index (Phi) is 4.78. The van der Waals surface area contributed by atoms with Crippen LogP contribution in [0.4, 0.5) is 14.5 Å². The van der Waals surface area contributed by atoms with Gasteiger partial charge in [-0.1, -0.05) is 5.92 Å². The van der Waals surface area contributed by atoms with Crippen molar-refractivity contribution < 1.29 is 8.78 Å². The Morgan fingerprint density at radius 2 is 2.00 bits per heavy atom. The predicted molar refractivity (Wildman–Crippen MR) is 76.0 cm³/mol. The lowest BCUT2D eigenvalue weighted by Gasteiger charge is -2.31. The van der Waals surface area contributed by atoms with Crippen molar-refractivity contribution in [3.63, 3.8) is 0 Å². The molecule has 0 spiro atoms. The van der Waals surface area contributed by atoms with Gasteiger partial charge >= 0.3 is 0 Å². The number of nitrogens with one attached hydrogen (secondary N) is 1. The maximum Gasteiger partial charge on any atom is 0.149 e. The van der Waals surface area contributed by atoms with Gasteiger partial charge in [0.1, 0.15) is 11.6 Å². The molecule has 1 fully saturated rings. The van der Waals surface area contributed by atoms with Gasteiger partial charge in [-0.15, -0.1) is 6.42 Å². The summed E-state index contributed by atoms with van der Waals surface area (Å²) in [5.74, 6) is 1.47. The third-order valence-electron chi connectivity index (χ3n) is 3.27. The fourth-order valence-corrected chi connectivity index (χ4v) is 2.56. The number of terminal acetylenes is 1. The highest BCUT2D eigenvalue weighted by atomic mass is 79.9. The maximum atomic E-state index is 13.6. The molecule has 0 aliphatic carbocycles. The zero-order valence-electron chi connectivity index (χ0n) is 10.4. The summed E-state index contributed by atoms with van der Waals surface area (Å²) in [6.45, 7) is 2.45.